The van der Waals surface area contributed by atoms with Gasteiger partial charge < -0.3 is 40.4 Å². The van der Waals surface area contributed by atoms with Gasteiger partial charge in [0.15, 0.2) is 11.5 Å². The van der Waals surface area contributed by atoms with Gasteiger partial charge in [-0.05, 0) is 78.7 Å². The Bertz CT molecular complexity index is 1850. The largest absolute Gasteiger partial charge is 0.507 e. The molecule has 13 heteroatoms. The van der Waals surface area contributed by atoms with Gasteiger partial charge in [0.05, 0.1) is 26.6 Å². The van der Waals surface area contributed by atoms with Gasteiger partial charge in [-0.25, -0.2) is 4.79 Å². The van der Waals surface area contributed by atoms with E-state index in [4.69, 9.17) is 14.2 Å². The van der Waals surface area contributed by atoms with Gasteiger partial charge in [0, 0.05) is 21.8 Å². The van der Waals surface area contributed by atoms with Gasteiger partial charge in [-0.15, -0.1) is 11.8 Å². The number of carbonyl (C=O) groups excluding carboxylic acids is 3. The first-order valence-electron chi connectivity index (χ1n) is 14.9. The fourth-order valence-electron chi connectivity index (χ4n) is 4.63. The minimum atomic E-state index is -1.32. The number of hydrogen-bond donors (Lipinski definition) is 5. The zero-order valence-electron chi connectivity index (χ0n) is 27.1. The summed E-state index contributed by atoms with van der Waals surface area (Å²) in [5.41, 5.74) is 1.06. The molecular weight excluding hydrogens is 650 g/mol. The molecule has 0 aliphatic rings. The van der Waals surface area contributed by atoms with Gasteiger partial charge >= 0.3 is 5.97 Å². The number of benzene rings is 4. The summed E-state index contributed by atoms with van der Waals surface area (Å²) in [5, 5.41) is 26.7. The molecule has 4 aromatic carbocycles. The number of thioether (sulfide) groups is 1. The van der Waals surface area contributed by atoms with Crippen molar-refractivity contribution in [2.75, 3.05) is 32.0 Å². The van der Waals surface area contributed by atoms with E-state index in [9.17, 15) is 29.4 Å². The molecule has 1 atom stereocenters. The number of nitrogens with one attached hydrogen (secondary N) is 3. The molecular formula is C36H35N3O9S. The average Bonchev–Trinajstić information content (AvgIpc) is 3.10. The van der Waals surface area contributed by atoms with E-state index in [0.29, 0.717) is 45.4 Å². The molecule has 5 N–H and O–H groups in total. The number of amides is 3. The zero-order valence-corrected chi connectivity index (χ0v) is 27.9. The van der Waals surface area contributed by atoms with E-state index in [0.717, 1.165) is 0 Å². The molecule has 0 heterocycles. The molecule has 0 bridgehead atoms. The second-order valence-electron chi connectivity index (χ2n) is 10.4. The molecule has 0 fully saturated rings. The van der Waals surface area contributed by atoms with Crippen LogP contribution in [0.1, 0.15) is 39.6 Å². The summed E-state index contributed by atoms with van der Waals surface area (Å²) < 4.78 is 16.3. The molecule has 1 unspecified atom stereocenters. The van der Waals surface area contributed by atoms with E-state index in [-0.39, 0.29) is 22.9 Å². The Hall–Kier alpha value is -5.95. The van der Waals surface area contributed by atoms with E-state index in [1.165, 1.54) is 57.4 Å². The quantitative estimate of drug-likeness (QED) is 0.0599. The third-order valence-corrected chi connectivity index (χ3v) is 8.41. The minimum Gasteiger partial charge on any atom is -0.507 e. The summed E-state index contributed by atoms with van der Waals surface area (Å²) in [6, 6.07) is 22.4. The van der Waals surface area contributed by atoms with Crippen molar-refractivity contribution in [1.82, 2.24) is 5.32 Å². The van der Waals surface area contributed by atoms with Crippen LogP contribution in [0.3, 0.4) is 0 Å². The highest BCUT2D eigenvalue weighted by Gasteiger charge is 2.21. The van der Waals surface area contributed by atoms with E-state index < -0.39 is 28.8 Å². The van der Waals surface area contributed by atoms with Crippen molar-refractivity contribution in [1.29, 1.82) is 0 Å². The number of hydrogen-bond acceptors (Lipinski definition) is 9. The van der Waals surface area contributed by atoms with Crippen molar-refractivity contribution >= 4 is 52.9 Å². The van der Waals surface area contributed by atoms with Crippen LogP contribution in [0.2, 0.25) is 0 Å². The molecule has 0 saturated heterocycles. The molecule has 12 nitrogen and oxygen atoms in total. The third kappa shape index (κ3) is 9.32. The lowest BCUT2D eigenvalue weighted by atomic mass is 10.1. The van der Waals surface area contributed by atoms with Gasteiger partial charge in [-0.1, -0.05) is 31.2 Å². The van der Waals surface area contributed by atoms with Gasteiger partial charge in [-0.3, -0.25) is 14.4 Å². The monoisotopic (exact) mass is 685 g/mol. The fraction of sp³-hybridized carbons (Fsp3) is 0.167. The van der Waals surface area contributed by atoms with Crippen LogP contribution in [0, 0.1) is 0 Å². The standard InChI is InChI=1S/C36H35N3O9S/c1-5-31(35(43)38-24-14-15-28(40)26(20-24)36(44)45)49-25-13-9-12-23(19-25)37-34(42)27(39-33(41)22-10-7-6-8-11-22)16-21-17-29(46-2)32(48-4)30(18-21)47-3/h6-20,31,40H,5H2,1-4H3,(H,37,42)(H,38,43)(H,39,41)(H,44,45)/b27-16+. The van der Waals surface area contributed by atoms with Crippen LogP contribution < -0.4 is 30.2 Å². The first kappa shape index (κ1) is 35.9. The Labute approximate surface area is 287 Å². The smallest absolute Gasteiger partial charge is 0.339 e. The van der Waals surface area contributed by atoms with Crippen LogP contribution in [-0.2, 0) is 9.59 Å². The van der Waals surface area contributed by atoms with Crippen LogP contribution in [0.25, 0.3) is 6.08 Å². The third-order valence-electron chi connectivity index (χ3n) is 7.05. The second-order valence-corrected chi connectivity index (χ2v) is 11.6. The Morgan fingerprint density at radius 1 is 0.816 bits per heavy atom. The predicted molar refractivity (Wildman–Crippen MR) is 187 cm³/mol. The van der Waals surface area contributed by atoms with E-state index in [2.05, 4.69) is 16.0 Å². The van der Waals surface area contributed by atoms with Gasteiger partial charge in [0.25, 0.3) is 11.8 Å². The van der Waals surface area contributed by atoms with Crippen LogP contribution in [0.4, 0.5) is 11.4 Å². The summed E-state index contributed by atoms with van der Waals surface area (Å²) in [6.45, 7) is 1.83. The molecule has 0 aromatic heterocycles. The molecule has 4 aromatic rings. The van der Waals surface area contributed by atoms with E-state index in [1.807, 2.05) is 6.92 Å². The van der Waals surface area contributed by atoms with Crippen molar-refractivity contribution < 1.29 is 43.6 Å². The Balaban J connectivity index is 1.57. The summed E-state index contributed by atoms with van der Waals surface area (Å²) >= 11 is 1.25. The molecule has 49 heavy (non-hydrogen) atoms. The number of anilines is 2. The lowest BCUT2D eigenvalue weighted by molar-refractivity contribution is -0.116. The number of phenols is 1. The predicted octanol–water partition coefficient (Wildman–Crippen LogP) is 6.04. The van der Waals surface area contributed by atoms with Gasteiger partial charge in [0.2, 0.25) is 11.7 Å². The molecule has 0 saturated carbocycles. The number of ether oxygens (including phenoxy) is 3. The fourth-order valence-corrected chi connectivity index (χ4v) is 5.65. The maximum atomic E-state index is 13.7. The first-order valence-corrected chi connectivity index (χ1v) is 15.8. The highest BCUT2D eigenvalue weighted by atomic mass is 32.2. The second kappa shape index (κ2) is 16.7. The van der Waals surface area contributed by atoms with Crippen molar-refractivity contribution in [2.45, 2.75) is 23.5 Å². The highest BCUT2D eigenvalue weighted by molar-refractivity contribution is 8.00. The maximum absolute atomic E-state index is 13.7. The highest BCUT2D eigenvalue weighted by Crippen LogP contribution is 2.39. The minimum absolute atomic E-state index is 0.0679. The molecule has 254 valence electrons. The molecule has 4 rings (SSSR count). The number of carboxylic acid groups (broad SMARTS) is 1. The van der Waals surface area contributed by atoms with E-state index >= 15 is 0 Å². The summed E-state index contributed by atoms with van der Waals surface area (Å²) in [5.74, 6) is -2.15. The topological polar surface area (TPSA) is 173 Å². The number of carboxylic acids is 1. The number of aromatic hydroxyl groups is 1. The number of carbonyl (C=O) groups is 4. The normalized spacial score (nSPS) is 11.6. The molecule has 0 spiro atoms. The lowest BCUT2D eigenvalue weighted by Crippen LogP contribution is -2.30. The Morgan fingerprint density at radius 3 is 2.10 bits per heavy atom. The zero-order chi connectivity index (χ0) is 35.5. The van der Waals surface area contributed by atoms with Crippen molar-refractivity contribution in [3.8, 4) is 23.0 Å². The van der Waals surface area contributed by atoms with Gasteiger partial charge in [0.1, 0.15) is 17.0 Å². The summed E-state index contributed by atoms with van der Waals surface area (Å²) in [6.07, 6.45) is 1.92. The Kier molecular flexibility index (Phi) is 12.3. The van der Waals surface area contributed by atoms with Crippen LogP contribution in [0.5, 0.6) is 23.0 Å². The van der Waals surface area contributed by atoms with Crippen LogP contribution in [0.15, 0.2) is 95.5 Å². The van der Waals surface area contributed by atoms with Gasteiger partial charge in [-0.2, -0.15) is 0 Å². The SMILES string of the molecule is CCC(Sc1cccc(NC(=O)/C(=C\c2cc(OC)c(OC)c(OC)c2)NC(=O)c2ccccc2)c1)C(=O)Nc1ccc(O)c(C(=O)O)c1. The first-order chi connectivity index (χ1) is 23.6. The van der Waals surface area contributed by atoms with Crippen LogP contribution in [-0.4, -0.2) is 60.5 Å². The summed E-state index contributed by atoms with van der Waals surface area (Å²) in [4.78, 5) is 52.0. The molecule has 3 amide bonds. The van der Waals surface area contributed by atoms with Crippen molar-refractivity contribution in [2.24, 2.45) is 0 Å². The van der Waals surface area contributed by atoms with Crippen LogP contribution >= 0.6 is 11.8 Å². The Morgan fingerprint density at radius 2 is 1.49 bits per heavy atom. The van der Waals surface area contributed by atoms with E-state index in [1.54, 1.807) is 66.7 Å². The summed E-state index contributed by atoms with van der Waals surface area (Å²) in [7, 11) is 4.41. The van der Waals surface area contributed by atoms with Crippen molar-refractivity contribution in [3.63, 3.8) is 0 Å². The molecule has 0 radical (unpaired) electrons. The molecule has 0 aliphatic carbocycles. The number of rotatable bonds is 14. The maximum Gasteiger partial charge on any atom is 0.339 e. The molecule has 0 aliphatic heterocycles. The average molecular weight is 686 g/mol. The number of methoxy groups -OCH3 is 3. The lowest BCUT2D eigenvalue weighted by Gasteiger charge is -2.16. The van der Waals surface area contributed by atoms with Crippen molar-refractivity contribution in [3.05, 3.63) is 107 Å². The number of aromatic carboxylic acids is 1.